The number of aliphatic hydroxyl groups is 4. The van der Waals surface area contributed by atoms with Crippen molar-refractivity contribution in [3.8, 4) is 0 Å². The Labute approximate surface area is 78.7 Å². The molecule has 3 atom stereocenters. The van der Waals surface area contributed by atoms with Gasteiger partial charge in [0.15, 0.2) is 11.1 Å². The van der Waals surface area contributed by atoms with Crippen molar-refractivity contribution >= 4 is 5.78 Å². The molecular weight excluding hydrogens is 198 g/mol. The van der Waals surface area contributed by atoms with E-state index in [2.05, 4.69) is 4.84 Å². The van der Waals surface area contributed by atoms with Gasteiger partial charge in [-0.25, -0.2) is 0 Å². The number of rotatable bonds is 7. The molecule has 0 bridgehead atoms. The average molecular weight is 209 g/mol. The molecule has 0 aromatic heterocycles. The number of aliphatic hydroxyl groups excluding tert-OH is 4. The number of carbonyl (C=O) groups is 1. The molecule has 0 aliphatic rings. The Balaban J connectivity index is 4.08. The lowest BCUT2D eigenvalue weighted by molar-refractivity contribution is -0.144. The Morgan fingerprint density at radius 1 is 1.36 bits per heavy atom. The van der Waals surface area contributed by atoms with Crippen molar-refractivity contribution in [1.29, 1.82) is 0 Å². The van der Waals surface area contributed by atoms with Crippen LogP contribution < -0.4 is 0 Å². The molecule has 0 aromatic rings. The molecule has 0 rings (SSSR count). The van der Waals surface area contributed by atoms with Gasteiger partial charge in [0.2, 0.25) is 0 Å². The summed E-state index contributed by atoms with van der Waals surface area (Å²) in [5.74, 6) is -1.05. The molecule has 82 valence electrons. The molecule has 0 fully saturated rings. The largest absolute Gasteiger partial charge is 0.388 e. The van der Waals surface area contributed by atoms with Crippen LogP contribution in [0.2, 0.25) is 0 Å². The molecule has 8 heteroatoms. The molecule has 0 amide bonds. The molecule has 0 unspecified atom stereocenters. The zero-order valence-corrected chi connectivity index (χ0v) is 7.11. The van der Waals surface area contributed by atoms with Gasteiger partial charge < -0.3 is 25.3 Å². The summed E-state index contributed by atoms with van der Waals surface area (Å²) >= 11 is 0. The third-order valence-corrected chi connectivity index (χ3v) is 1.50. The normalized spacial score (nSPS) is 16.9. The van der Waals surface area contributed by atoms with Gasteiger partial charge in [0, 0.05) is 0 Å². The van der Waals surface area contributed by atoms with E-state index in [0.29, 0.717) is 0 Å². The van der Waals surface area contributed by atoms with Crippen molar-refractivity contribution in [1.82, 2.24) is 0 Å². The molecule has 0 saturated heterocycles. The highest BCUT2D eigenvalue weighted by Gasteiger charge is 2.30. The number of hydrogen-bond donors (Lipinski definition) is 4. The smallest absolute Gasteiger partial charge is 0.189 e. The van der Waals surface area contributed by atoms with Crippen molar-refractivity contribution in [2.24, 2.45) is 5.34 Å². The zero-order valence-electron chi connectivity index (χ0n) is 7.11. The maximum atomic E-state index is 10.6. The molecule has 0 radical (unpaired) electrons. The second-order valence-corrected chi connectivity index (χ2v) is 2.50. The highest BCUT2D eigenvalue weighted by Crippen LogP contribution is 2.02. The lowest BCUT2D eigenvalue weighted by Crippen LogP contribution is -2.45. The Morgan fingerprint density at radius 3 is 2.36 bits per heavy atom. The van der Waals surface area contributed by atoms with E-state index in [-0.39, 0.29) is 0 Å². The quantitative estimate of drug-likeness (QED) is 0.265. The minimum absolute atomic E-state index is 0.652. The van der Waals surface area contributed by atoms with E-state index >= 15 is 0 Å². The summed E-state index contributed by atoms with van der Waals surface area (Å²) in [7, 11) is 0. The third kappa shape index (κ3) is 3.75. The zero-order chi connectivity index (χ0) is 11.1. The summed E-state index contributed by atoms with van der Waals surface area (Å²) in [6.45, 7) is -1.61. The first-order valence-corrected chi connectivity index (χ1v) is 3.67. The fourth-order valence-corrected chi connectivity index (χ4v) is 0.700. The summed E-state index contributed by atoms with van der Waals surface area (Å²) < 4.78 is 0. The summed E-state index contributed by atoms with van der Waals surface area (Å²) in [6, 6.07) is 0. The molecular formula is C6H11NO7. The number of nitrogens with zero attached hydrogens (tertiary/aromatic N) is 1. The van der Waals surface area contributed by atoms with E-state index in [1.165, 1.54) is 0 Å². The van der Waals surface area contributed by atoms with Crippen LogP contribution in [0.1, 0.15) is 0 Å². The third-order valence-electron chi connectivity index (χ3n) is 1.50. The first-order valence-electron chi connectivity index (χ1n) is 3.67. The fourth-order valence-electron chi connectivity index (χ4n) is 0.700. The van der Waals surface area contributed by atoms with Crippen LogP contribution in [0.4, 0.5) is 0 Å². The van der Waals surface area contributed by atoms with Gasteiger partial charge >= 0.3 is 0 Å². The van der Waals surface area contributed by atoms with Crippen LogP contribution in [0.3, 0.4) is 0 Å². The summed E-state index contributed by atoms with van der Waals surface area (Å²) in [4.78, 5) is 23.9. The maximum absolute atomic E-state index is 10.6. The van der Waals surface area contributed by atoms with E-state index in [1.807, 2.05) is 5.34 Å². The van der Waals surface area contributed by atoms with Gasteiger partial charge in [0.25, 0.3) is 0 Å². The molecule has 0 spiro atoms. The fraction of sp³-hybridized carbons (Fsp3) is 0.833. The van der Waals surface area contributed by atoms with E-state index in [0.717, 1.165) is 0 Å². The first-order chi connectivity index (χ1) is 6.54. The second-order valence-electron chi connectivity index (χ2n) is 2.50. The van der Waals surface area contributed by atoms with Gasteiger partial charge in [-0.05, 0) is 0 Å². The van der Waals surface area contributed by atoms with Gasteiger partial charge in [0.05, 0.1) is 0 Å². The Hall–Kier alpha value is -1.09. The number of ketones is 1. The van der Waals surface area contributed by atoms with Gasteiger partial charge in [-0.1, -0.05) is 0 Å². The monoisotopic (exact) mass is 209 g/mol. The van der Waals surface area contributed by atoms with Gasteiger partial charge in [-0.15, -0.1) is 4.91 Å². The first kappa shape index (κ1) is 12.9. The Bertz CT molecular complexity index is 197. The number of Topliss-reactive ketones (excluding diaryl/α,β-unsaturated/α-hetero) is 1. The van der Waals surface area contributed by atoms with Crippen LogP contribution in [0, 0.1) is 4.91 Å². The molecule has 0 heterocycles. The lowest BCUT2D eigenvalue weighted by Gasteiger charge is -2.19. The highest BCUT2D eigenvalue weighted by atomic mass is 16.7. The second kappa shape index (κ2) is 6.38. The molecule has 0 aromatic carbocycles. The molecule has 0 saturated carbocycles. The number of carbonyl (C=O) groups excluding carboxylic acids is 1. The van der Waals surface area contributed by atoms with Crippen LogP contribution in [-0.2, 0) is 9.63 Å². The van der Waals surface area contributed by atoms with E-state index in [4.69, 9.17) is 20.4 Å². The predicted molar refractivity (Wildman–Crippen MR) is 41.9 cm³/mol. The van der Waals surface area contributed by atoms with Gasteiger partial charge in [-0.3, -0.25) is 4.79 Å². The molecule has 8 nitrogen and oxygen atoms in total. The summed E-state index contributed by atoms with van der Waals surface area (Å²) in [5, 5.41) is 37.3. The Kier molecular flexibility index (Phi) is 5.88. The highest BCUT2D eigenvalue weighted by molar-refractivity contribution is 5.84. The standard InChI is InChI=1S/C6H11NO7/c8-1-3(9)5(11)6(12)4(10)2-14-7-13/h4-6,8,10-12H,1-2H2/t4-,5-,6-/m1/s1. The molecule has 0 aliphatic carbocycles. The van der Waals surface area contributed by atoms with E-state index in [9.17, 15) is 9.70 Å². The molecule has 0 aliphatic heterocycles. The molecule has 4 N–H and O–H groups in total. The molecule has 14 heavy (non-hydrogen) atoms. The van der Waals surface area contributed by atoms with E-state index < -0.39 is 37.3 Å². The minimum Gasteiger partial charge on any atom is -0.388 e. The lowest BCUT2D eigenvalue weighted by atomic mass is 10.1. The van der Waals surface area contributed by atoms with Crippen LogP contribution in [0.25, 0.3) is 0 Å². The summed E-state index contributed by atoms with van der Waals surface area (Å²) in [6.07, 6.45) is -5.40. The maximum Gasteiger partial charge on any atom is 0.189 e. The summed E-state index contributed by atoms with van der Waals surface area (Å²) in [5.41, 5.74) is 0. The van der Waals surface area contributed by atoms with Crippen molar-refractivity contribution < 1.29 is 30.1 Å². The average Bonchev–Trinajstić information content (AvgIpc) is 2.22. The predicted octanol–water partition coefficient (Wildman–Crippen LogP) is -2.67. The van der Waals surface area contributed by atoms with Crippen molar-refractivity contribution in [3.05, 3.63) is 4.91 Å². The SMILES string of the molecule is O=NOC[C@@H](O)[C@@H](O)[C@H](O)C(=O)CO. The van der Waals surface area contributed by atoms with Crippen LogP contribution >= 0.6 is 0 Å². The van der Waals surface area contributed by atoms with Gasteiger partial charge in [-0.2, -0.15) is 0 Å². The van der Waals surface area contributed by atoms with Gasteiger partial charge in [0.1, 0.15) is 31.5 Å². The van der Waals surface area contributed by atoms with E-state index in [1.54, 1.807) is 0 Å². The number of hydrogen-bond acceptors (Lipinski definition) is 8. The van der Waals surface area contributed by atoms with Crippen molar-refractivity contribution in [2.45, 2.75) is 18.3 Å². The van der Waals surface area contributed by atoms with Crippen molar-refractivity contribution in [3.63, 3.8) is 0 Å². The Morgan fingerprint density at radius 2 is 1.93 bits per heavy atom. The van der Waals surface area contributed by atoms with Crippen LogP contribution in [0.5, 0.6) is 0 Å². The van der Waals surface area contributed by atoms with Crippen LogP contribution in [0.15, 0.2) is 5.34 Å². The van der Waals surface area contributed by atoms with Crippen LogP contribution in [-0.4, -0.2) is 57.7 Å². The topological polar surface area (TPSA) is 137 Å². The minimum atomic E-state index is -1.93. The van der Waals surface area contributed by atoms with Crippen molar-refractivity contribution in [2.75, 3.05) is 13.2 Å².